The van der Waals surface area contributed by atoms with Gasteiger partial charge in [0.1, 0.15) is 6.04 Å². The molecule has 0 radical (unpaired) electrons. The molecule has 0 aliphatic heterocycles. The number of nitrogens with one attached hydrogen (secondary N) is 1. The Labute approximate surface area is 94.5 Å². The molecule has 1 unspecified atom stereocenters. The fourth-order valence-corrected chi connectivity index (χ4v) is 2.18. The summed E-state index contributed by atoms with van der Waals surface area (Å²) in [4.78, 5) is 15.3. The second-order valence-electron chi connectivity index (χ2n) is 4.18. The molecule has 0 saturated carbocycles. The molecule has 2 rings (SSSR count). The standard InChI is InChI=1S/C11H17N3O2/c1-12-9(11(15)16)6-14-7-13-8-4-2-3-5-10(8)14/h7,9,12H,2-6H2,1H3,(H,15,16). The van der Waals surface area contributed by atoms with E-state index in [0.717, 1.165) is 18.5 Å². The minimum Gasteiger partial charge on any atom is -0.480 e. The Morgan fingerprint density at radius 1 is 1.62 bits per heavy atom. The highest BCUT2D eigenvalue weighted by molar-refractivity contribution is 5.73. The van der Waals surface area contributed by atoms with Crippen LogP contribution in [-0.2, 0) is 24.2 Å². The molecule has 0 bridgehead atoms. The molecule has 1 aliphatic rings. The zero-order chi connectivity index (χ0) is 11.5. The molecule has 0 amide bonds. The van der Waals surface area contributed by atoms with Crippen molar-refractivity contribution in [1.29, 1.82) is 0 Å². The Morgan fingerprint density at radius 2 is 2.38 bits per heavy atom. The molecule has 1 aromatic rings. The number of aromatic nitrogens is 2. The van der Waals surface area contributed by atoms with E-state index in [2.05, 4.69) is 10.3 Å². The van der Waals surface area contributed by atoms with Gasteiger partial charge < -0.3 is 15.0 Å². The van der Waals surface area contributed by atoms with Crippen LogP contribution in [0.4, 0.5) is 0 Å². The van der Waals surface area contributed by atoms with Crippen molar-refractivity contribution in [2.24, 2.45) is 0 Å². The Bertz CT molecular complexity index is 387. The number of aryl methyl sites for hydroxylation is 1. The lowest BCUT2D eigenvalue weighted by molar-refractivity contribution is -0.139. The van der Waals surface area contributed by atoms with Crippen molar-refractivity contribution in [2.45, 2.75) is 38.3 Å². The first kappa shape index (κ1) is 11.1. The molecule has 0 aromatic carbocycles. The smallest absolute Gasteiger partial charge is 0.322 e. The molecule has 1 atom stereocenters. The Kier molecular flexibility index (Phi) is 3.24. The molecule has 2 N–H and O–H groups in total. The van der Waals surface area contributed by atoms with E-state index in [4.69, 9.17) is 5.11 Å². The highest BCUT2D eigenvalue weighted by Crippen LogP contribution is 2.19. The predicted octanol–water partition coefficient (Wildman–Crippen LogP) is 0.434. The fraction of sp³-hybridized carbons (Fsp3) is 0.636. The number of carboxylic acids is 1. The van der Waals surface area contributed by atoms with Gasteiger partial charge in [-0.25, -0.2) is 4.98 Å². The number of aliphatic carboxylic acids is 1. The number of nitrogens with zero attached hydrogens (tertiary/aromatic N) is 2. The SMILES string of the molecule is CNC(Cn1cnc2c1CCCC2)C(=O)O. The number of hydrogen-bond acceptors (Lipinski definition) is 3. The second-order valence-corrected chi connectivity index (χ2v) is 4.18. The number of carboxylic acid groups (broad SMARTS) is 1. The first-order valence-corrected chi connectivity index (χ1v) is 5.65. The largest absolute Gasteiger partial charge is 0.480 e. The number of rotatable bonds is 4. The van der Waals surface area contributed by atoms with Crippen LogP contribution in [-0.4, -0.2) is 33.7 Å². The molecule has 5 nitrogen and oxygen atoms in total. The highest BCUT2D eigenvalue weighted by atomic mass is 16.4. The lowest BCUT2D eigenvalue weighted by atomic mass is 10.0. The zero-order valence-electron chi connectivity index (χ0n) is 9.44. The van der Waals surface area contributed by atoms with Crippen LogP contribution in [0.2, 0.25) is 0 Å². The van der Waals surface area contributed by atoms with E-state index in [9.17, 15) is 4.79 Å². The summed E-state index contributed by atoms with van der Waals surface area (Å²) in [5.74, 6) is -0.819. The highest BCUT2D eigenvalue weighted by Gasteiger charge is 2.20. The van der Waals surface area contributed by atoms with Crippen LogP contribution in [0.1, 0.15) is 24.2 Å². The summed E-state index contributed by atoms with van der Waals surface area (Å²) in [7, 11) is 1.67. The Balaban J connectivity index is 2.15. The van der Waals surface area contributed by atoms with E-state index in [1.807, 2.05) is 4.57 Å². The summed E-state index contributed by atoms with van der Waals surface area (Å²) in [6.07, 6.45) is 6.18. The summed E-state index contributed by atoms with van der Waals surface area (Å²) in [5, 5.41) is 11.8. The van der Waals surface area contributed by atoms with E-state index in [1.54, 1.807) is 13.4 Å². The Hall–Kier alpha value is -1.36. The van der Waals surface area contributed by atoms with Crippen LogP contribution in [0, 0.1) is 0 Å². The molecule has 1 aromatic heterocycles. The Morgan fingerprint density at radius 3 is 3.06 bits per heavy atom. The van der Waals surface area contributed by atoms with E-state index in [1.165, 1.54) is 18.5 Å². The van der Waals surface area contributed by atoms with Crippen molar-refractivity contribution in [1.82, 2.24) is 14.9 Å². The summed E-state index contributed by atoms with van der Waals surface area (Å²) < 4.78 is 1.98. The van der Waals surface area contributed by atoms with E-state index in [0.29, 0.717) is 6.54 Å². The van der Waals surface area contributed by atoms with Gasteiger partial charge >= 0.3 is 5.97 Å². The van der Waals surface area contributed by atoms with Crippen LogP contribution >= 0.6 is 0 Å². The van der Waals surface area contributed by atoms with Crippen molar-refractivity contribution < 1.29 is 9.90 Å². The van der Waals surface area contributed by atoms with E-state index < -0.39 is 12.0 Å². The van der Waals surface area contributed by atoms with Gasteiger partial charge in [-0.2, -0.15) is 0 Å². The topological polar surface area (TPSA) is 67.2 Å². The maximum absolute atomic E-state index is 10.9. The predicted molar refractivity (Wildman–Crippen MR) is 59.4 cm³/mol. The van der Waals surface area contributed by atoms with Crippen molar-refractivity contribution in [3.8, 4) is 0 Å². The van der Waals surface area contributed by atoms with Crippen LogP contribution in [0.3, 0.4) is 0 Å². The minimum absolute atomic E-state index is 0.453. The quantitative estimate of drug-likeness (QED) is 0.777. The van der Waals surface area contributed by atoms with Gasteiger partial charge in [-0.05, 0) is 32.7 Å². The van der Waals surface area contributed by atoms with Crippen LogP contribution in [0.25, 0.3) is 0 Å². The summed E-state index contributed by atoms with van der Waals surface area (Å²) >= 11 is 0. The van der Waals surface area contributed by atoms with Gasteiger partial charge in [0.2, 0.25) is 0 Å². The molecule has 88 valence electrons. The number of carbonyl (C=O) groups is 1. The summed E-state index contributed by atoms with van der Waals surface area (Å²) in [5.41, 5.74) is 2.36. The van der Waals surface area contributed by atoms with Gasteiger partial charge in [-0.3, -0.25) is 4.79 Å². The zero-order valence-corrected chi connectivity index (χ0v) is 9.44. The maximum atomic E-state index is 10.9. The molecule has 1 aliphatic carbocycles. The third-order valence-electron chi connectivity index (χ3n) is 3.14. The second kappa shape index (κ2) is 4.65. The van der Waals surface area contributed by atoms with E-state index >= 15 is 0 Å². The number of likely N-dealkylation sites (N-methyl/N-ethyl adjacent to an activating group) is 1. The van der Waals surface area contributed by atoms with Crippen molar-refractivity contribution >= 4 is 5.97 Å². The third-order valence-corrected chi connectivity index (χ3v) is 3.14. The summed E-state index contributed by atoms with van der Waals surface area (Å²) in [6.45, 7) is 0.453. The van der Waals surface area contributed by atoms with Gasteiger partial charge in [-0.15, -0.1) is 0 Å². The van der Waals surface area contributed by atoms with Gasteiger partial charge in [0.05, 0.1) is 12.0 Å². The summed E-state index contributed by atoms with van der Waals surface area (Å²) in [6, 6.07) is -0.541. The monoisotopic (exact) mass is 223 g/mol. The average molecular weight is 223 g/mol. The molecule has 0 saturated heterocycles. The molecular weight excluding hydrogens is 206 g/mol. The van der Waals surface area contributed by atoms with Crippen molar-refractivity contribution in [3.05, 3.63) is 17.7 Å². The number of fused-ring (bicyclic) bond motifs is 1. The normalized spacial score (nSPS) is 16.8. The fourth-order valence-electron chi connectivity index (χ4n) is 2.18. The molecule has 16 heavy (non-hydrogen) atoms. The lowest BCUT2D eigenvalue weighted by Crippen LogP contribution is -2.38. The average Bonchev–Trinajstić information content (AvgIpc) is 2.69. The molecular formula is C11H17N3O2. The van der Waals surface area contributed by atoms with Gasteiger partial charge in [0.15, 0.2) is 0 Å². The van der Waals surface area contributed by atoms with Gasteiger partial charge in [-0.1, -0.05) is 0 Å². The van der Waals surface area contributed by atoms with Crippen LogP contribution in [0.15, 0.2) is 6.33 Å². The molecule has 0 fully saturated rings. The van der Waals surface area contributed by atoms with Crippen LogP contribution in [0.5, 0.6) is 0 Å². The maximum Gasteiger partial charge on any atom is 0.322 e. The lowest BCUT2D eigenvalue weighted by Gasteiger charge is -2.17. The van der Waals surface area contributed by atoms with E-state index in [-0.39, 0.29) is 0 Å². The van der Waals surface area contributed by atoms with Crippen molar-refractivity contribution in [2.75, 3.05) is 7.05 Å². The first-order valence-electron chi connectivity index (χ1n) is 5.65. The first-order chi connectivity index (χ1) is 7.72. The molecule has 1 heterocycles. The molecule has 5 heteroatoms. The van der Waals surface area contributed by atoms with Gasteiger partial charge in [0, 0.05) is 12.2 Å². The third kappa shape index (κ3) is 2.09. The van der Waals surface area contributed by atoms with Gasteiger partial charge in [0.25, 0.3) is 0 Å². The minimum atomic E-state index is -0.819. The van der Waals surface area contributed by atoms with Crippen LogP contribution < -0.4 is 5.32 Å². The molecule has 0 spiro atoms. The number of hydrogen-bond donors (Lipinski definition) is 2. The number of imidazole rings is 1. The van der Waals surface area contributed by atoms with Crippen molar-refractivity contribution in [3.63, 3.8) is 0 Å².